The quantitative estimate of drug-likeness (QED) is 0.664. The van der Waals surface area contributed by atoms with E-state index in [4.69, 9.17) is 0 Å². The Morgan fingerprint density at radius 2 is 2.08 bits per heavy atom. The van der Waals surface area contributed by atoms with Gasteiger partial charge in [-0.2, -0.15) is 0 Å². The van der Waals surface area contributed by atoms with E-state index in [0.29, 0.717) is 0 Å². The molecule has 0 spiro atoms. The Morgan fingerprint density at radius 1 is 1.25 bits per heavy atom. The summed E-state index contributed by atoms with van der Waals surface area (Å²) in [5.41, 5.74) is 0. The summed E-state index contributed by atoms with van der Waals surface area (Å²) in [6.45, 7) is 7.43. The summed E-state index contributed by atoms with van der Waals surface area (Å²) >= 11 is 0. The van der Waals surface area contributed by atoms with Gasteiger partial charge in [0.15, 0.2) is 0 Å². The first-order valence-corrected chi connectivity index (χ1v) is 5.30. The summed E-state index contributed by atoms with van der Waals surface area (Å²) in [7, 11) is 0. The molecule has 0 aromatic rings. The average molecular weight is 168 g/mol. The first-order valence-electron chi connectivity index (χ1n) is 5.30. The molecule has 1 unspecified atom stereocenters. The molecule has 2 fully saturated rings. The number of rotatable bonds is 2. The lowest BCUT2D eigenvalue weighted by Gasteiger charge is -2.18. The van der Waals surface area contributed by atoms with E-state index in [1.54, 1.807) is 0 Å². The topological polar surface area (TPSA) is 15.3 Å². The molecular weight excluding hydrogens is 148 g/mol. The van der Waals surface area contributed by atoms with Crippen LogP contribution in [-0.4, -0.2) is 37.1 Å². The first-order chi connectivity index (χ1) is 5.84. The zero-order chi connectivity index (χ0) is 8.39. The lowest BCUT2D eigenvalue weighted by Crippen LogP contribution is -2.30. The van der Waals surface area contributed by atoms with Crippen molar-refractivity contribution in [3.8, 4) is 0 Å². The molecule has 2 nitrogen and oxygen atoms in total. The van der Waals surface area contributed by atoms with Crippen molar-refractivity contribution in [2.75, 3.05) is 26.2 Å². The Labute approximate surface area is 75.3 Å². The van der Waals surface area contributed by atoms with Crippen LogP contribution in [-0.2, 0) is 0 Å². The Hall–Kier alpha value is -0.0800. The summed E-state index contributed by atoms with van der Waals surface area (Å²) < 4.78 is 0. The van der Waals surface area contributed by atoms with Crippen molar-refractivity contribution in [3.63, 3.8) is 0 Å². The predicted molar refractivity (Wildman–Crippen MR) is 51.2 cm³/mol. The van der Waals surface area contributed by atoms with Crippen LogP contribution >= 0.6 is 0 Å². The van der Waals surface area contributed by atoms with Crippen molar-refractivity contribution in [3.05, 3.63) is 0 Å². The third kappa shape index (κ3) is 2.46. The van der Waals surface area contributed by atoms with Gasteiger partial charge in [0.05, 0.1) is 0 Å². The number of nitrogens with one attached hydrogen (secondary N) is 1. The highest BCUT2D eigenvalue weighted by Gasteiger charge is 2.24. The molecule has 1 aliphatic carbocycles. The highest BCUT2D eigenvalue weighted by atomic mass is 15.2. The van der Waals surface area contributed by atoms with E-state index in [-0.39, 0.29) is 0 Å². The van der Waals surface area contributed by atoms with Gasteiger partial charge >= 0.3 is 0 Å². The molecule has 2 rings (SSSR count). The van der Waals surface area contributed by atoms with Gasteiger partial charge in [-0.25, -0.2) is 0 Å². The minimum Gasteiger partial charge on any atom is -0.313 e. The van der Waals surface area contributed by atoms with Crippen LogP contribution in [0.15, 0.2) is 0 Å². The van der Waals surface area contributed by atoms with Gasteiger partial charge in [-0.15, -0.1) is 0 Å². The summed E-state index contributed by atoms with van der Waals surface area (Å²) in [6, 6.07) is 0.731. The zero-order valence-corrected chi connectivity index (χ0v) is 8.05. The van der Waals surface area contributed by atoms with Gasteiger partial charge in [0.1, 0.15) is 0 Å². The van der Waals surface area contributed by atoms with E-state index in [1.807, 2.05) is 0 Å². The zero-order valence-electron chi connectivity index (χ0n) is 8.05. The minimum atomic E-state index is 0.731. The van der Waals surface area contributed by atoms with Gasteiger partial charge in [-0.05, 0) is 38.6 Å². The van der Waals surface area contributed by atoms with E-state index in [9.17, 15) is 0 Å². The Balaban J connectivity index is 1.73. The molecule has 1 saturated carbocycles. The monoisotopic (exact) mass is 168 g/mol. The molecular formula is C10H20N2. The van der Waals surface area contributed by atoms with Crippen molar-refractivity contribution in [2.45, 2.75) is 32.2 Å². The van der Waals surface area contributed by atoms with Crippen molar-refractivity contribution < 1.29 is 0 Å². The third-order valence-corrected chi connectivity index (χ3v) is 3.01. The van der Waals surface area contributed by atoms with Crippen LogP contribution in [0.4, 0.5) is 0 Å². The van der Waals surface area contributed by atoms with Crippen LogP contribution in [0, 0.1) is 5.92 Å². The average Bonchev–Trinajstić information content (AvgIpc) is 2.83. The molecule has 1 atom stereocenters. The Morgan fingerprint density at radius 3 is 2.83 bits per heavy atom. The number of nitrogens with zero attached hydrogens (tertiary/aromatic N) is 1. The van der Waals surface area contributed by atoms with Gasteiger partial charge in [0.25, 0.3) is 0 Å². The van der Waals surface area contributed by atoms with Crippen LogP contribution in [0.5, 0.6) is 0 Å². The largest absolute Gasteiger partial charge is 0.313 e. The summed E-state index contributed by atoms with van der Waals surface area (Å²) in [5.74, 6) is 1.05. The number of hydrogen-bond acceptors (Lipinski definition) is 2. The first kappa shape index (κ1) is 8.52. The van der Waals surface area contributed by atoms with E-state index < -0.39 is 0 Å². The van der Waals surface area contributed by atoms with Gasteiger partial charge < -0.3 is 10.2 Å². The molecule has 0 radical (unpaired) electrons. The molecule has 1 heterocycles. The fourth-order valence-corrected chi connectivity index (χ4v) is 1.91. The highest BCUT2D eigenvalue weighted by Crippen LogP contribution is 2.29. The maximum atomic E-state index is 3.53. The van der Waals surface area contributed by atoms with Crippen molar-refractivity contribution in [1.29, 1.82) is 0 Å². The van der Waals surface area contributed by atoms with Crippen LogP contribution in [0.2, 0.25) is 0 Å². The Kier molecular flexibility index (Phi) is 2.66. The molecule has 0 aromatic carbocycles. The van der Waals surface area contributed by atoms with Gasteiger partial charge in [-0.3, -0.25) is 0 Å². The summed E-state index contributed by atoms with van der Waals surface area (Å²) in [5, 5.41) is 3.53. The van der Waals surface area contributed by atoms with Crippen molar-refractivity contribution in [2.24, 2.45) is 5.92 Å². The lowest BCUT2D eigenvalue weighted by molar-refractivity contribution is 0.279. The van der Waals surface area contributed by atoms with Gasteiger partial charge in [0, 0.05) is 25.7 Å². The van der Waals surface area contributed by atoms with Gasteiger partial charge in [-0.1, -0.05) is 0 Å². The number of hydrogen-bond donors (Lipinski definition) is 1. The fraction of sp³-hybridized carbons (Fsp3) is 1.00. The lowest BCUT2D eigenvalue weighted by atomic mass is 10.2. The van der Waals surface area contributed by atoms with E-state index in [1.165, 1.54) is 45.4 Å². The SMILES string of the molecule is CC1CCN(CC2CC2)CCN1. The molecule has 0 amide bonds. The second-order valence-electron chi connectivity index (χ2n) is 4.39. The van der Waals surface area contributed by atoms with Crippen LogP contribution in [0.1, 0.15) is 26.2 Å². The second-order valence-corrected chi connectivity index (χ2v) is 4.39. The maximum Gasteiger partial charge on any atom is 0.0107 e. The van der Waals surface area contributed by atoms with Crippen molar-refractivity contribution >= 4 is 0 Å². The normalized spacial score (nSPS) is 33.2. The molecule has 2 heteroatoms. The molecule has 0 bridgehead atoms. The summed E-state index contributed by atoms with van der Waals surface area (Å²) in [6.07, 6.45) is 4.30. The highest BCUT2D eigenvalue weighted by molar-refractivity contribution is 4.80. The van der Waals surface area contributed by atoms with Crippen molar-refractivity contribution in [1.82, 2.24) is 10.2 Å². The van der Waals surface area contributed by atoms with Crippen LogP contribution < -0.4 is 5.32 Å². The van der Waals surface area contributed by atoms with Crippen LogP contribution in [0.3, 0.4) is 0 Å². The third-order valence-electron chi connectivity index (χ3n) is 3.01. The molecule has 2 aliphatic rings. The molecule has 1 aliphatic heterocycles. The molecule has 12 heavy (non-hydrogen) atoms. The van der Waals surface area contributed by atoms with E-state index in [2.05, 4.69) is 17.1 Å². The molecule has 1 saturated heterocycles. The second kappa shape index (κ2) is 3.75. The van der Waals surface area contributed by atoms with E-state index in [0.717, 1.165) is 12.0 Å². The van der Waals surface area contributed by atoms with E-state index >= 15 is 0 Å². The maximum absolute atomic E-state index is 3.53. The fourth-order valence-electron chi connectivity index (χ4n) is 1.91. The smallest absolute Gasteiger partial charge is 0.0107 e. The van der Waals surface area contributed by atoms with Crippen LogP contribution in [0.25, 0.3) is 0 Å². The standard InChI is InChI=1S/C10H20N2/c1-9-4-6-12(7-5-11-9)8-10-2-3-10/h9-11H,2-8H2,1H3. The molecule has 1 N–H and O–H groups in total. The predicted octanol–water partition coefficient (Wildman–Crippen LogP) is 1.08. The molecule has 0 aromatic heterocycles. The Bertz CT molecular complexity index is 143. The molecule has 70 valence electrons. The summed E-state index contributed by atoms with van der Waals surface area (Å²) in [4.78, 5) is 2.63. The minimum absolute atomic E-state index is 0.731. The van der Waals surface area contributed by atoms with Gasteiger partial charge in [0.2, 0.25) is 0 Å².